The van der Waals surface area contributed by atoms with Crippen LogP contribution >= 0.6 is 11.6 Å². The van der Waals surface area contributed by atoms with E-state index in [1.807, 2.05) is 36.4 Å². The molecule has 132 valence electrons. The average molecular weight is 367 g/mol. The molecule has 0 aliphatic heterocycles. The molecule has 2 heterocycles. The van der Waals surface area contributed by atoms with Crippen LogP contribution in [0.15, 0.2) is 67.3 Å². The van der Waals surface area contributed by atoms with Crippen molar-refractivity contribution in [1.29, 1.82) is 0 Å². The minimum absolute atomic E-state index is 0.146. The highest BCUT2D eigenvalue weighted by Gasteiger charge is 2.07. The van der Waals surface area contributed by atoms with Crippen molar-refractivity contribution in [2.45, 2.75) is 13.0 Å². The van der Waals surface area contributed by atoms with Crippen molar-refractivity contribution >= 4 is 23.2 Å². The zero-order chi connectivity index (χ0) is 18.2. The molecule has 3 aromatic rings. The van der Waals surface area contributed by atoms with Crippen LogP contribution in [0.25, 0.3) is 0 Å². The fraction of sp³-hybridized carbons (Fsp3) is 0.150. The molecule has 0 fully saturated rings. The topological polar surface area (TPSA) is 66.9 Å². The maximum absolute atomic E-state index is 12.3. The first-order valence-corrected chi connectivity index (χ1v) is 8.69. The third-order valence-electron chi connectivity index (χ3n) is 3.83. The van der Waals surface area contributed by atoms with Gasteiger partial charge in [0.05, 0.1) is 11.3 Å². The first-order valence-electron chi connectivity index (χ1n) is 8.31. The molecule has 0 atom stereocenters. The molecule has 5 nitrogen and oxygen atoms in total. The summed E-state index contributed by atoms with van der Waals surface area (Å²) in [6.07, 6.45) is 7.48. The van der Waals surface area contributed by atoms with Gasteiger partial charge in [-0.15, -0.1) is 0 Å². The third-order valence-corrected chi connectivity index (χ3v) is 4.07. The van der Waals surface area contributed by atoms with Crippen molar-refractivity contribution in [2.24, 2.45) is 0 Å². The predicted molar refractivity (Wildman–Crippen MR) is 103 cm³/mol. The Hall–Kier alpha value is -2.92. The summed E-state index contributed by atoms with van der Waals surface area (Å²) >= 11 is 5.97. The lowest BCUT2D eigenvalue weighted by atomic mass is 10.1. The van der Waals surface area contributed by atoms with E-state index in [4.69, 9.17) is 11.6 Å². The number of pyridine rings is 2. The molecule has 0 unspecified atom stereocenters. The second-order valence-corrected chi connectivity index (χ2v) is 6.24. The van der Waals surface area contributed by atoms with E-state index in [1.165, 1.54) is 0 Å². The van der Waals surface area contributed by atoms with E-state index in [0.717, 1.165) is 23.2 Å². The molecule has 0 aliphatic carbocycles. The molecule has 1 amide bonds. The maximum atomic E-state index is 12.3. The van der Waals surface area contributed by atoms with Crippen LogP contribution in [0.5, 0.6) is 0 Å². The highest BCUT2D eigenvalue weighted by atomic mass is 35.5. The molecule has 26 heavy (non-hydrogen) atoms. The van der Waals surface area contributed by atoms with Gasteiger partial charge in [0.25, 0.3) is 5.91 Å². The van der Waals surface area contributed by atoms with Crippen molar-refractivity contribution in [2.75, 3.05) is 11.9 Å². The summed E-state index contributed by atoms with van der Waals surface area (Å²) in [5.41, 5.74) is 3.51. The lowest BCUT2D eigenvalue weighted by Crippen LogP contribution is -2.25. The molecule has 0 spiro atoms. The average Bonchev–Trinajstić information content (AvgIpc) is 2.67. The molecule has 0 saturated heterocycles. The van der Waals surface area contributed by atoms with Crippen LogP contribution in [0, 0.1) is 0 Å². The quantitative estimate of drug-likeness (QED) is 0.668. The SMILES string of the molecule is O=C(NCCc1cccc(Cl)c1)c1cncc(NCc2ccncc2)c1. The number of carbonyl (C=O) groups is 1. The molecule has 3 rings (SSSR count). The molecule has 0 radical (unpaired) electrons. The van der Waals surface area contributed by atoms with Crippen LogP contribution in [0.4, 0.5) is 5.69 Å². The number of aromatic nitrogens is 2. The second-order valence-electron chi connectivity index (χ2n) is 5.81. The van der Waals surface area contributed by atoms with Crippen molar-refractivity contribution in [3.63, 3.8) is 0 Å². The summed E-state index contributed by atoms with van der Waals surface area (Å²) in [5, 5.41) is 6.87. The number of rotatable bonds is 7. The number of hydrogen-bond acceptors (Lipinski definition) is 4. The van der Waals surface area contributed by atoms with Gasteiger partial charge in [-0.3, -0.25) is 14.8 Å². The Kier molecular flexibility index (Phi) is 6.17. The van der Waals surface area contributed by atoms with E-state index in [9.17, 15) is 4.79 Å². The monoisotopic (exact) mass is 366 g/mol. The minimum atomic E-state index is -0.146. The normalized spacial score (nSPS) is 10.3. The van der Waals surface area contributed by atoms with E-state index in [1.54, 1.807) is 30.9 Å². The van der Waals surface area contributed by atoms with Crippen LogP contribution < -0.4 is 10.6 Å². The molecule has 6 heteroatoms. The van der Waals surface area contributed by atoms with Gasteiger partial charge >= 0.3 is 0 Å². The summed E-state index contributed by atoms with van der Waals surface area (Å²) in [5.74, 6) is -0.146. The molecule has 0 bridgehead atoms. The zero-order valence-electron chi connectivity index (χ0n) is 14.2. The van der Waals surface area contributed by atoms with Gasteiger partial charge in [-0.1, -0.05) is 23.7 Å². The number of anilines is 1. The van der Waals surface area contributed by atoms with Crippen molar-refractivity contribution in [3.8, 4) is 0 Å². The minimum Gasteiger partial charge on any atom is -0.380 e. The Bertz CT molecular complexity index is 870. The van der Waals surface area contributed by atoms with E-state index in [-0.39, 0.29) is 5.91 Å². The second kappa shape index (κ2) is 8.97. The van der Waals surface area contributed by atoms with Gasteiger partial charge in [-0.25, -0.2) is 0 Å². The molecule has 1 aromatic carbocycles. The largest absolute Gasteiger partial charge is 0.380 e. The Labute approximate surface area is 157 Å². The van der Waals surface area contributed by atoms with Gasteiger partial charge in [0.2, 0.25) is 0 Å². The number of nitrogens with one attached hydrogen (secondary N) is 2. The van der Waals surface area contributed by atoms with E-state index in [2.05, 4.69) is 20.6 Å². The number of halogens is 1. The molecule has 2 N–H and O–H groups in total. The first-order chi connectivity index (χ1) is 12.7. The van der Waals surface area contributed by atoms with Gasteiger partial charge in [-0.05, 0) is 47.9 Å². The molecular weight excluding hydrogens is 348 g/mol. The van der Waals surface area contributed by atoms with Crippen molar-refractivity contribution in [3.05, 3.63) is 89.0 Å². The number of nitrogens with zero attached hydrogens (tertiary/aromatic N) is 2. The highest BCUT2D eigenvalue weighted by Crippen LogP contribution is 2.12. The van der Waals surface area contributed by atoms with Crippen LogP contribution in [-0.2, 0) is 13.0 Å². The summed E-state index contributed by atoms with van der Waals surface area (Å²) in [7, 11) is 0. The van der Waals surface area contributed by atoms with Crippen LogP contribution in [0.2, 0.25) is 5.02 Å². The molecular formula is C20H19ClN4O. The smallest absolute Gasteiger partial charge is 0.252 e. The van der Waals surface area contributed by atoms with Crippen LogP contribution in [0.3, 0.4) is 0 Å². The van der Waals surface area contributed by atoms with Gasteiger partial charge in [0.1, 0.15) is 0 Å². The maximum Gasteiger partial charge on any atom is 0.252 e. The van der Waals surface area contributed by atoms with Crippen LogP contribution in [-0.4, -0.2) is 22.4 Å². The van der Waals surface area contributed by atoms with Crippen LogP contribution in [0.1, 0.15) is 21.5 Å². The number of benzene rings is 1. The third kappa shape index (κ3) is 5.29. The molecule has 2 aromatic heterocycles. The van der Waals surface area contributed by atoms with E-state index < -0.39 is 0 Å². The van der Waals surface area contributed by atoms with E-state index >= 15 is 0 Å². The Morgan fingerprint density at radius 2 is 1.85 bits per heavy atom. The van der Waals surface area contributed by atoms with Gasteiger partial charge < -0.3 is 10.6 Å². The fourth-order valence-electron chi connectivity index (χ4n) is 2.48. The summed E-state index contributed by atoms with van der Waals surface area (Å²) in [4.78, 5) is 20.5. The number of hydrogen-bond donors (Lipinski definition) is 2. The van der Waals surface area contributed by atoms with Crippen molar-refractivity contribution < 1.29 is 4.79 Å². The fourth-order valence-corrected chi connectivity index (χ4v) is 2.69. The predicted octanol–water partition coefficient (Wildman–Crippen LogP) is 3.71. The number of amides is 1. The van der Waals surface area contributed by atoms with Gasteiger partial charge in [0.15, 0.2) is 0 Å². The zero-order valence-corrected chi connectivity index (χ0v) is 14.9. The number of carbonyl (C=O) groups excluding carboxylic acids is 1. The summed E-state index contributed by atoms with van der Waals surface area (Å²) < 4.78 is 0. The van der Waals surface area contributed by atoms with Gasteiger partial charge in [-0.2, -0.15) is 0 Å². The van der Waals surface area contributed by atoms with E-state index in [0.29, 0.717) is 23.7 Å². The Morgan fingerprint density at radius 1 is 1.00 bits per heavy atom. The highest BCUT2D eigenvalue weighted by molar-refractivity contribution is 6.30. The lowest BCUT2D eigenvalue weighted by Gasteiger charge is -2.09. The Morgan fingerprint density at radius 3 is 2.65 bits per heavy atom. The summed E-state index contributed by atoms with van der Waals surface area (Å²) in [6.45, 7) is 1.18. The molecule has 0 saturated carbocycles. The standard InChI is InChI=1S/C20H19ClN4O/c21-18-3-1-2-15(10-18)6-9-24-20(26)17-11-19(14-23-13-17)25-12-16-4-7-22-8-5-16/h1-5,7-8,10-11,13-14,25H,6,9,12H2,(H,24,26). The van der Waals surface area contributed by atoms with Gasteiger partial charge in [0, 0.05) is 42.9 Å². The first kappa shape index (κ1) is 17.9. The lowest BCUT2D eigenvalue weighted by molar-refractivity contribution is 0.0954. The summed E-state index contributed by atoms with van der Waals surface area (Å²) in [6, 6.07) is 13.3. The molecule has 0 aliphatic rings. The van der Waals surface area contributed by atoms with Crippen molar-refractivity contribution in [1.82, 2.24) is 15.3 Å². The Balaban J connectivity index is 1.52.